The van der Waals surface area contributed by atoms with E-state index in [-0.39, 0.29) is 24.7 Å². The SMILES string of the molecule is O=C(CCC(=O)Nc1ccc(I)cc1)N/N=C/c1cccnc1. The Bertz CT molecular complexity index is 687. The summed E-state index contributed by atoms with van der Waals surface area (Å²) in [5, 5.41) is 6.55. The van der Waals surface area contributed by atoms with E-state index in [0.29, 0.717) is 5.69 Å². The number of hydrazone groups is 1. The van der Waals surface area contributed by atoms with Crippen LogP contribution < -0.4 is 10.7 Å². The van der Waals surface area contributed by atoms with Gasteiger partial charge in [0.25, 0.3) is 0 Å². The number of nitrogens with one attached hydrogen (secondary N) is 2. The van der Waals surface area contributed by atoms with Crippen molar-refractivity contribution in [1.29, 1.82) is 0 Å². The first-order valence-corrected chi connectivity index (χ1v) is 7.99. The topological polar surface area (TPSA) is 83.5 Å². The van der Waals surface area contributed by atoms with Crippen molar-refractivity contribution in [3.63, 3.8) is 0 Å². The van der Waals surface area contributed by atoms with E-state index in [4.69, 9.17) is 0 Å². The van der Waals surface area contributed by atoms with Crippen molar-refractivity contribution in [1.82, 2.24) is 10.4 Å². The zero-order valence-corrected chi connectivity index (χ0v) is 14.4. The molecule has 1 aromatic carbocycles. The van der Waals surface area contributed by atoms with Gasteiger partial charge in [0.15, 0.2) is 0 Å². The number of halogens is 1. The van der Waals surface area contributed by atoms with Crippen molar-refractivity contribution < 1.29 is 9.59 Å². The monoisotopic (exact) mass is 422 g/mol. The number of hydrogen-bond donors (Lipinski definition) is 2. The van der Waals surface area contributed by atoms with Gasteiger partial charge in [-0.25, -0.2) is 5.43 Å². The minimum absolute atomic E-state index is 0.0700. The number of carbonyl (C=O) groups is 2. The summed E-state index contributed by atoms with van der Waals surface area (Å²) in [6.45, 7) is 0. The first kappa shape index (κ1) is 17.1. The molecule has 1 aromatic heterocycles. The molecule has 0 spiro atoms. The maximum atomic E-state index is 11.8. The van der Waals surface area contributed by atoms with Crippen molar-refractivity contribution in [3.8, 4) is 0 Å². The number of benzene rings is 1. The standard InChI is InChI=1S/C16H15IN4O2/c17-13-3-5-14(6-4-13)20-15(22)7-8-16(23)21-19-11-12-2-1-9-18-10-12/h1-6,9-11H,7-8H2,(H,20,22)(H,21,23)/b19-11+. The summed E-state index contributed by atoms with van der Waals surface area (Å²) < 4.78 is 1.09. The van der Waals surface area contributed by atoms with E-state index >= 15 is 0 Å². The van der Waals surface area contributed by atoms with Crippen molar-refractivity contribution >= 4 is 46.3 Å². The molecule has 2 N–H and O–H groups in total. The van der Waals surface area contributed by atoms with Crippen molar-refractivity contribution in [2.45, 2.75) is 12.8 Å². The molecule has 1 heterocycles. The second kappa shape index (κ2) is 8.99. The third-order valence-electron chi connectivity index (χ3n) is 2.79. The Morgan fingerprint density at radius 1 is 1.13 bits per heavy atom. The minimum Gasteiger partial charge on any atom is -0.326 e. The van der Waals surface area contributed by atoms with Gasteiger partial charge in [-0.15, -0.1) is 0 Å². The molecule has 0 saturated carbocycles. The van der Waals surface area contributed by atoms with Gasteiger partial charge in [-0.05, 0) is 52.9 Å². The summed E-state index contributed by atoms with van der Waals surface area (Å²) in [6.07, 6.45) is 4.95. The van der Waals surface area contributed by atoms with E-state index in [9.17, 15) is 9.59 Å². The second-order valence-corrected chi connectivity index (χ2v) is 5.88. The van der Waals surface area contributed by atoms with E-state index in [1.807, 2.05) is 30.3 Å². The predicted molar refractivity (Wildman–Crippen MR) is 97.0 cm³/mol. The van der Waals surface area contributed by atoms with E-state index < -0.39 is 0 Å². The van der Waals surface area contributed by atoms with E-state index in [1.54, 1.807) is 18.5 Å². The molecule has 0 aliphatic carbocycles. The highest BCUT2D eigenvalue weighted by Crippen LogP contribution is 2.11. The van der Waals surface area contributed by atoms with Gasteiger partial charge in [0.2, 0.25) is 11.8 Å². The van der Waals surface area contributed by atoms with Crippen LogP contribution in [0, 0.1) is 3.57 Å². The lowest BCUT2D eigenvalue weighted by Crippen LogP contribution is -2.20. The highest BCUT2D eigenvalue weighted by molar-refractivity contribution is 14.1. The molecule has 0 saturated heterocycles. The molecule has 7 heteroatoms. The van der Waals surface area contributed by atoms with Gasteiger partial charge in [0.05, 0.1) is 6.21 Å². The maximum absolute atomic E-state index is 11.8. The summed E-state index contributed by atoms with van der Waals surface area (Å²) >= 11 is 2.19. The first-order chi connectivity index (χ1) is 11.1. The molecule has 23 heavy (non-hydrogen) atoms. The molecule has 2 amide bonds. The van der Waals surface area contributed by atoms with Crippen LogP contribution in [0.1, 0.15) is 18.4 Å². The average Bonchev–Trinajstić information content (AvgIpc) is 2.56. The summed E-state index contributed by atoms with van der Waals surface area (Å²) in [6, 6.07) is 11.0. The number of aromatic nitrogens is 1. The van der Waals surface area contributed by atoms with Crippen LogP contribution >= 0.6 is 22.6 Å². The van der Waals surface area contributed by atoms with Gasteiger partial charge in [0, 0.05) is 40.1 Å². The van der Waals surface area contributed by atoms with Crippen LogP contribution in [0.3, 0.4) is 0 Å². The van der Waals surface area contributed by atoms with Gasteiger partial charge in [-0.2, -0.15) is 5.10 Å². The lowest BCUT2D eigenvalue weighted by Gasteiger charge is -2.04. The van der Waals surface area contributed by atoms with Crippen LogP contribution in [0.4, 0.5) is 5.69 Å². The van der Waals surface area contributed by atoms with Crippen LogP contribution in [-0.4, -0.2) is 23.0 Å². The zero-order chi connectivity index (χ0) is 16.5. The van der Waals surface area contributed by atoms with Crippen molar-refractivity contribution in [2.75, 3.05) is 5.32 Å². The Hall–Kier alpha value is -2.29. The smallest absolute Gasteiger partial charge is 0.240 e. The molecule has 2 rings (SSSR count). The van der Waals surface area contributed by atoms with Gasteiger partial charge < -0.3 is 5.32 Å². The van der Waals surface area contributed by atoms with E-state index in [2.05, 4.69) is 43.4 Å². The van der Waals surface area contributed by atoms with Crippen molar-refractivity contribution in [2.24, 2.45) is 5.10 Å². The molecule has 0 aliphatic rings. The molecule has 0 unspecified atom stereocenters. The highest BCUT2D eigenvalue weighted by Gasteiger charge is 2.06. The normalized spacial score (nSPS) is 10.5. The molecule has 0 radical (unpaired) electrons. The zero-order valence-electron chi connectivity index (χ0n) is 12.2. The van der Waals surface area contributed by atoms with Crippen LogP contribution in [0.2, 0.25) is 0 Å². The van der Waals surface area contributed by atoms with Crippen LogP contribution in [0.5, 0.6) is 0 Å². The summed E-state index contributed by atoms with van der Waals surface area (Å²) in [5.41, 5.74) is 3.87. The minimum atomic E-state index is -0.317. The van der Waals surface area contributed by atoms with Crippen molar-refractivity contribution in [3.05, 3.63) is 57.9 Å². The Labute approximate surface area is 147 Å². The number of nitrogens with zero attached hydrogens (tertiary/aromatic N) is 2. The van der Waals surface area contributed by atoms with Crippen LogP contribution in [0.25, 0.3) is 0 Å². The van der Waals surface area contributed by atoms with E-state index in [0.717, 1.165) is 9.13 Å². The number of hydrogen-bond acceptors (Lipinski definition) is 4. The lowest BCUT2D eigenvalue weighted by molar-refractivity contribution is -0.124. The highest BCUT2D eigenvalue weighted by atomic mass is 127. The fraction of sp³-hybridized carbons (Fsp3) is 0.125. The maximum Gasteiger partial charge on any atom is 0.240 e. The quantitative estimate of drug-likeness (QED) is 0.427. The fourth-order valence-electron chi connectivity index (χ4n) is 1.67. The van der Waals surface area contributed by atoms with Crippen LogP contribution in [-0.2, 0) is 9.59 Å². The van der Waals surface area contributed by atoms with Gasteiger partial charge in [0.1, 0.15) is 0 Å². The lowest BCUT2D eigenvalue weighted by atomic mass is 10.2. The molecule has 0 atom stereocenters. The Balaban J connectivity index is 1.70. The van der Waals surface area contributed by atoms with Gasteiger partial charge in [-0.3, -0.25) is 14.6 Å². The average molecular weight is 422 g/mol. The summed E-state index contributed by atoms with van der Waals surface area (Å²) in [5.74, 6) is -0.527. The first-order valence-electron chi connectivity index (χ1n) is 6.91. The molecule has 2 aromatic rings. The molecule has 6 nitrogen and oxygen atoms in total. The molecule has 0 bridgehead atoms. The largest absolute Gasteiger partial charge is 0.326 e. The van der Waals surface area contributed by atoms with Gasteiger partial charge >= 0.3 is 0 Å². The van der Waals surface area contributed by atoms with E-state index in [1.165, 1.54) is 6.21 Å². The molecule has 118 valence electrons. The number of rotatable bonds is 6. The van der Waals surface area contributed by atoms with Crippen LogP contribution in [0.15, 0.2) is 53.9 Å². The Morgan fingerprint density at radius 3 is 2.57 bits per heavy atom. The Kier molecular flexibility index (Phi) is 6.67. The third-order valence-corrected chi connectivity index (χ3v) is 3.51. The molecule has 0 aliphatic heterocycles. The molecular formula is C16H15IN4O2. The number of anilines is 1. The second-order valence-electron chi connectivity index (χ2n) is 4.63. The molecule has 0 fully saturated rings. The number of carbonyl (C=O) groups excluding carboxylic acids is 2. The van der Waals surface area contributed by atoms with Gasteiger partial charge in [-0.1, -0.05) is 6.07 Å². The summed E-state index contributed by atoms with van der Waals surface area (Å²) in [7, 11) is 0. The fourth-order valence-corrected chi connectivity index (χ4v) is 2.03. The molecular weight excluding hydrogens is 407 g/mol. The number of pyridine rings is 1. The number of amides is 2. The third kappa shape index (κ3) is 6.55. The predicted octanol–water partition coefficient (Wildman–Crippen LogP) is 2.56. The summed E-state index contributed by atoms with van der Waals surface area (Å²) in [4.78, 5) is 27.3. The Morgan fingerprint density at radius 2 is 1.87 bits per heavy atom.